The maximum absolute atomic E-state index is 5.25. The molecule has 15 heavy (non-hydrogen) atoms. The van der Waals surface area contributed by atoms with E-state index in [0.717, 1.165) is 11.0 Å². The Morgan fingerprint density at radius 1 is 1.27 bits per heavy atom. The predicted molar refractivity (Wildman–Crippen MR) is 66.9 cm³/mol. The quantitative estimate of drug-likeness (QED) is 0.889. The monoisotopic (exact) mass is 271 g/mol. The largest absolute Gasteiger partial charge is 0.380 e. The second kappa shape index (κ2) is 6.26. The van der Waals surface area contributed by atoms with Crippen LogP contribution < -0.4 is 5.32 Å². The van der Waals surface area contributed by atoms with Gasteiger partial charge >= 0.3 is 0 Å². The molecule has 0 heterocycles. The van der Waals surface area contributed by atoms with Crippen molar-refractivity contribution in [1.82, 2.24) is 5.32 Å². The minimum atomic E-state index is 0.237. The molecule has 0 bridgehead atoms. The normalized spacial score (nSPS) is 14.9. The summed E-state index contributed by atoms with van der Waals surface area (Å²) in [6.45, 7) is 5.08. The van der Waals surface area contributed by atoms with Gasteiger partial charge in [-0.1, -0.05) is 28.1 Å². The highest BCUT2D eigenvalue weighted by molar-refractivity contribution is 9.10. The van der Waals surface area contributed by atoms with E-state index >= 15 is 0 Å². The zero-order valence-electron chi connectivity index (χ0n) is 9.46. The lowest BCUT2D eigenvalue weighted by molar-refractivity contribution is 0.0882. The van der Waals surface area contributed by atoms with Gasteiger partial charge < -0.3 is 10.1 Å². The second-order valence-corrected chi connectivity index (χ2v) is 4.65. The summed E-state index contributed by atoms with van der Waals surface area (Å²) in [6.07, 6.45) is 0.237. The van der Waals surface area contributed by atoms with Crippen molar-refractivity contribution in [3.05, 3.63) is 34.3 Å². The lowest BCUT2D eigenvalue weighted by Crippen LogP contribution is -2.36. The summed E-state index contributed by atoms with van der Waals surface area (Å²) >= 11 is 3.42. The molecule has 2 atom stereocenters. The van der Waals surface area contributed by atoms with Gasteiger partial charge in [-0.2, -0.15) is 0 Å². The highest BCUT2D eigenvalue weighted by Crippen LogP contribution is 2.10. The SMILES string of the molecule is COC(C)C(C)NCc1ccc(Br)cc1. The molecule has 1 aromatic rings. The molecule has 84 valence electrons. The summed E-state index contributed by atoms with van der Waals surface area (Å²) in [6, 6.07) is 8.70. The van der Waals surface area contributed by atoms with E-state index in [4.69, 9.17) is 4.74 Å². The van der Waals surface area contributed by atoms with Crippen molar-refractivity contribution in [1.29, 1.82) is 0 Å². The topological polar surface area (TPSA) is 21.3 Å². The first kappa shape index (κ1) is 12.7. The summed E-state index contributed by atoms with van der Waals surface area (Å²) < 4.78 is 6.36. The summed E-state index contributed by atoms with van der Waals surface area (Å²) in [5.41, 5.74) is 1.29. The van der Waals surface area contributed by atoms with Crippen LogP contribution in [0.25, 0.3) is 0 Å². The fourth-order valence-electron chi connectivity index (χ4n) is 1.25. The van der Waals surface area contributed by atoms with Crippen LogP contribution in [0.3, 0.4) is 0 Å². The van der Waals surface area contributed by atoms with Gasteiger partial charge in [-0.05, 0) is 31.5 Å². The number of ether oxygens (including phenoxy) is 1. The molecule has 1 N–H and O–H groups in total. The van der Waals surface area contributed by atoms with Crippen LogP contribution in [0.2, 0.25) is 0 Å². The number of halogens is 1. The van der Waals surface area contributed by atoms with Crippen LogP contribution in [0.5, 0.6) is 0 Å². The van der Waals surface area contributed by atoms with E-state index in [1.165, 1.54) is 5.56 Å². The van der Waals surface area contributed by atoms with Crippen LogP contribution in [-0.4, -0.2) is 19.3 Å². The van der Waals surface area contributed by atoms with Crippen molar-refractivity contribution in [2.75, 3.05) is 7.11 Å². The zero-order chi connectivity index (χ0) is 11.3. The Morgan fingerprint density at radius 3 is 2.40 bits per heavy atom. The summed E-state index contributed by atoms with van der Waals surface area (Å²) in [5, 5.41) is 3.43. The highest BCUT2D eigenvalue weighted by Gasteiger charge is 2.09. The molecule has 0 aromatic heterocycles. The Bertz CT molecular complexity index is 286. The van der Waals surface area contributed by atoms with Crippen molar-refractivity contribution in [2.24, 2.45) is 0 Å². The molecule has 0 amide bonds. The average molecular weight is 272 g/mol. The van der Waals surface area contributed by atoms with Gasteiger partial charge in [-0.3, -0.25) is 0 Å². The molecule has 2 unspecified atom stereocenters. The van der Waals surface area contributed by atoms with Crippen molar-refractivity contribution < 1.29 is 4.74 Å². The predicted octanol–water partition coefficient (Wildman–Crippen LogP) is 2.96. The van der Waals surface area contributed by atoms with E-state index in [1.54, 1.807) is 7.11 Å². The Balaban J connectivity index is 2.40. The molecule has 3 heteroatoms. The molecule has 0 spiro atoms. The minimum Gasteiger partial charge on any atom is -0.380 e. The van der Waals surface area contributed by atoms with Crippen molar-refractivity contribution >= 4 is 15.9 Å². The maximum Gasteiger partial charge on any atom is 0.0693 e. The molecule has 0 aliphatic heterocycles. The molecule has 0 saturated carbocycles. The van der Waals surface area contributed by atoms with E-state index in [-0.39, 0.29) is 6.10 Å². The first-order valence-corrected chi connectivity index (χ1v) is 5.93. The molecule has 1 rings (SSSR count). The first-order valence-electron chi connectivity index (χ1n) is 5.14. The van der Waals surface area contributed by atoms with Crippen molar-refractivity contribution in [3.63, 3.8) is 0 Å². The minimum absolute atomic E-state index is 0.237. The standard InChI is InChI=1S/C12H18BrNO/c1-9(10(2)15-3)14-8-11-4-6-12(13)7-5-11/h4-7,9-10,14H,8H2,1-3H3. The van der Waals surface area contributed by atoms with E-state index in [9.17, 15) is 0 Å². The first-order chi connectivity index (χ1) is 7.13. The number of methoxy groups -OCH3 is 1. The molecule has 0 aliphatic rings. The van der Waals surface area contributed by atoms with Gasteiger partial charge in [0.15, 0.2) is 0 Å². The number of hydrogen-bond donors (Lipinski definition) is 1. The Morgan fingerprint density at radius 2 is 1.87 bits per heavy atom. The maximum atomic E-state index is 5.25. The summed E-state index contributed by atoms with van der Waals surface area (Å²) in [5.74, 6) is 0. The van der Waals surface area contributed by atoms with Crippen molar-refractivity contribution in [3.8, 4) is 0 Å². The lowest BCUT2D eigenvalue weighted by atomic mass is 10.2. The van der Waals surface area contributed by atoms with Gasteiger partial charge in [0.2, 0.25) is 0 Å². The van der Waals surface area contributed by atoms with Crippen LogP contribution in [0.4, 0.5) is 0 Å². The molecule has 0 saturated heterocycles. The number of rotatable bonds is 5. The van der Waals surface area contributed by atoms with Gasteiger partial charge in [-0.25, -0.2) is 0 Å². The second-order valence-electron chi connectivity index (χ2n) is 3.74. The van der Waals surface area contributed by atoms with Gasteiger partial charge in [0, 0.05) is 24.2 Å². The molecular weight excluding hydrogens is 254 g/mol. The van der Waals surface area contributed by atoms with Crippen LogP contribution in [0.15, 0.2) is 28.7 Å². The lowest BCUT2D eigenvalue weighted by Gasteiger charge is -2.19. The van der Waals surface area contributed by atoms with Crippen LogP contribution in [-0.2, 0) is 11.3 Å². The van der Waals surface area contributed by atoms with Crippen molar-refractivity contribution in [2.45, 2.75) is 32.5 Å². The van der Waals surface area contributed by atoms with E-state index in [1.807, 2.05) is 0 Å². The third-order valence-corrected chi connectivity index (χ3v) is 3.15. The number of nitrogens with one attached hydrogen (secondary N) is 1. The van der Waals surface area contributed by atoms with E-state index < -0.39 is 0 Å². The van der Waals surface area contributed by atoms with Gasteiger partial charge in [0.1, 0.15) is 0 Å². The molecular formula is C12H18BrNO. The van der Waals surface area contributed by atoms with Gasteiger partial charge in [0.25, 0.3) is 0 Å². The molecule has 0 fully saturated rings. The Labute approximate surface area is 100 Å². The third kappa shape index (κ3) is 4.33. The molecule has 1 aromatic carbocycles. The fourth-order valence-corrected chi connectivity index (χ4v) is 1.52. The van der Waals surface area contributed by atoms with Crippen LogP contribution in [0.1, 0.15) is 19.4 Å². The molecule has 2 nitrogen and oxygen atoms in total. The highest BCUT2D eigenvalue weighted by atomic mass is 79.9. The van der Waals surface area contributed by atoms with E-state index in [2.05, 4.69) is 59.4 Å². The summed E-state index contributed by atoms with van der Waals surface area (Å²) in [4.78, 5) is 0. The smallest absolute Gasteiger partial charge is 0.0693 e. The fraction of sp³-hybridized carbons (Fsp3) is 0.500. The van der Waals surface area contributed by atoms with Crippen LogP contribution in [0, 0.1) is 0 Å². The Hall–Kier alpha value is -0.380. The molecule has 0 radical (unpaired) electrons. The number of hydrogen-bond acceptors (Lipinski definition) is 2. The van der Waals surface area contributed by atoms with Crippen LogP contribution >= 0.6 is 15.9 Å². The van der Waals surface area contributed by atoms with Gasteiger partial charge in [-0.15, -0.1) is 0 Å². The summed E-state index contributed by atoms with van der Waals surface area (Å²) in [7, 11) is 1.74. The third-order valence-electron chi connectivity index (χ3n) is 2.62. The van der Waals surface area contributed by atoms with Gasteiger partial charge in [0.05, 0.1) is 6.10 Å². The average Bonchev–Trinajstić information content (AvgIpc) is 2.26. The zero-order valence-corrected chi connectivity index (χ0v) is 11.0. The Kier molecular flexibility index (Phi) is 5.29. The number of benzene rings is 1. The molecule has 0 aliphatic carbocycles. The van der Waals surface area contributed by atoms with E-state index in [0.29, 0.717) is 6.04 Å².